The zero-order valence-electron chi connectivity index (χ0n) is 10.7. The fourth-order valence-electron chi connectivity index (χ4n) is 2.41. The molecule has 1 unspecified atom stereocenters. The Morgan fingerprint density at radius 2 is 1.89 bits per heavy atom. The maximum atomic E-state index is 11.7. The fourth-order valence-corrected chi connectivity index (χ4v) is 2.41. The molecule has 102 valence electrons. The van der Waals surface area contributed by atoms with Crippen LogP contribution in [-0.2, 0) is 4.79 Å². The molecule has 0 aliphatic carbocycles. The van der Waals surface area contributed by atoms with Crippen LogP contribution in [0.1, 0.15) is 6.92 Å². The van der Waals surface area contributed by atoms with Crippen LogP contribution in [0.4, 0.5) is 4.79 Å². The zero-order chi connectivity index (χ0) is 13.1. The van der Waals surface area contributed by atoms with E-state index < -0.39 is 6.03 Å². The number of primary amides is 1. The molecule has 18 heavy (non-hydrogen) atoms. The summed E-state index contributed by atoms with van der Waals surface area (Å²) in [5.74, 6) is -0.318. The van der Waals surface area contributed by atoms with Crippen molar-refractivity contribution in [3.63, 3.8) is 0 Å². The van der Waals surface area contributed by atoms with Crippen LogP contribution in [-0.4, -0.2) is 73.1 Å². The maximum Gasteiger partial charge on any atom is 0.318 e. The highest BCUT2D eigenvalue weighted by molar-refractivity contribution is 5.96. The van der Waals surface area contributed by atoms with E-state index in [1.54, 1.807) is 6.92 Å². The second kappa shape index (κ2) is 5.64. The molecule has 0 radical (unpaired) electrons. The number of nitrogens with zero attached hydrogens (tertiary/aromatic N) is 2. The third-order valence-electron chi connectivity index (χ3n) is 3.80. The van der Waals surface area contributed by atoms with Gasteiger partial charge in [-0.25, -0.2) is 4.79 Å². The van der Waals surface area contributed by atoms with E-state index in [1.807, 2.05) is 0 Å². The SMILES string of the molecule is CC(C(=O)NC(N)=O)N1CCN(C2CNC2)CC1. The number of imide groups is 1. The monoisotopic (exact) mass is 255 g/mol. The molecule has 0 aromatic carbocycles. The molecule has 0 bridgehead atoms. The molecule has 0 spiro atoms. The molecule has 2 heterocycles. The summed E-state index contributed by atoms with van der Waals surface area (Å²) in [6.45, 7) is 7.59. The molecular formula is C11H21N5O2. The van der Waals surface area contributed by atoms with Gasteiger partial charge in [0.25, 0.3) is 0 Å². The molecule has 7 nitrogen and oxygen atoms in total. The van der Waals surface area contributed by atoms with Crippen molar-refractivity contribution >= 4 is 11.9 Å². The van der Waals surface area contributed by atoms with Gasteiger partial charge in [-0.3, -0.25) is 19.9 Å². The molecule has 3 amide bonds. The predicted molar refractivity (Wildman–Crippen MR) is 67.0 cm³/mol. The number of nitrogens with one attached hydrogen (secondary N) is 2. The number of piperazine rings is 1. The third kappa shape index (κ3) is 2.98. The number of amides is 3. The minimum Gasteiger partial charge on any atom is -0.351 e. The Balaban J connectivity index is 1.77. The average Bonchev–Trinajstić information content (AvgIpc) is 2.26. The smallest absolute Gasteiger partial charge is 0.318 e. The summed E-state index contributed by atoms with van der Waals surface area (Å²) in [5, 5.41) is 5.39. The highest BCUT2D eigenvalue weighted by atomic mass is 16.2. The molecule has 4 N–H and O–H groups in total. The summed E-state index contributed by atoms with van der Waals surface area (Å²) in [4.78, 5) is 26.8. The standard InChI is InChI=1S/C11H21N5O2/c1-8(10(17)14-11(12)18)15-2-4-16(5-3-15)9-6-13-7-9/h8-9,13H,2-7H2,1H3,(H3,12,14,17,18). The van der Waals surface area contributed by atoms with Gasteiger partial charge < -0.3 is 11.1 Å². The van der Waals surface area contributed by atoms with E-state index in [-0.39, 0.29) is 11.9 Å². The number of nitrogens with two attached hydrogens (primary N) is 1. The van der Waals surface area contributed by atoms with Crippen LogP contribution in [0.25, 0.3) is 0 Å². The van der Waals surface area contributed by atoms with Gasteiger partial charge in [0.15, 0.2) is 0 Å². The first-order chi connectivity index (χ1) is 8.58. The molecule has 1 atom stereocenters. The number of urea groups is 1. The Labute approximate surface area is 107 Å². The van der Waals surface area contributed by atoms with E-state index in [1.165, 1.54) is 0 Å². The molecule has 2 aliphatic rings. The lowest BCUT2D eigenvalue weighted by Gasteiger charge is -2.44. The summed E-state index contributed by atoms with van der Waals surface area (Å²) in [7, 11) is 0. The van der Waals surface area contributed by atoms with Gasteiger partial charge in [0, 0.05) is 45.3 Å². The van der Waals surface area contributed by atoms with Crippen molar-refractivity contribution < 1.29 is 9.59 Å². The van der Waals surface area contributed by atoms with Crippen LogP contribution in [0.15, 0.2) is 0 Å². The van der Waals surface area contributed by atoms with Gasteiger partial charge in [-0.15, -0.1) is 0 Å². The topological polar surface area (TPSA) is 90.7 Å². The first-order valence-electron chi connectivity index (χ1n) is 6.37. The Morgan fingerprint density at radius 1 is 1.28 bits per heavy atom. The van der Waals surface area contributed by atoms with Crippen LogP contribution < -0.4 is 16.4 Å². The number of hydrogen-bond acceptors (Lipinski definition) is 5. The van der Waals surface area contributed by atoms with Gasteiger partial charge in [-0.2, -0.15) is 0 Å². The van der Waals surface area contributed by atoms with E-state index in [4.69, 9.17) is 5.73 Å². The molecule has 0 saturated carbocycles. The molecule has 0 aromatic heterocycles. The van der Waals surface area contributed by atoms with E-state index in [2.05, 4.69) is 20.4 Å². The van der Waals surface area contributed by atoms with Gasteiger partial charge in [-0.1, -0.05) is 0 Å². The Bertz CT molecular complexity index is 323. The van der Waals surface area contributed by atoms with Crippen LogP contribution in [0.3, 0.4) is 0 Å². The highest BCUT2D eigenvalue weighted by Crippen LogP contribution is 2.11. The average molecular weight is 255 g/mol. The first-order valence-corrected chi connectivity index (χ1v) is 6.37. The lowest BCUT2D eigenvalue weighted by Crippen LogP contribution is -2.63. The van der Waals surface area contributed by atoms with Gasteiger partial charge >= 0.3 is 6.03 Å². The van der Waals surface area contributed by atoms with Crippen molar-refractivity contribution in [1.29, 1.82) is 0 Å². The molecule has 2 fully saturated rings. The minimum absolute atomic E-state index is 0.306. The Hall–Kier alpha value is -1.18. The van der Waals surface area contributed by atoms with Crippen LogP contribution in [0.5, 0.6) is 0 Å². The second-order valence-corrected chi connectivity index (χ2v) is 4.91. The Kier molecular flexibility index (Phi) is 4.15. The Morgan fingerprint density at radius 3 is 2.33 bits per heavy atom. The number of carbonyl (C=O) groups excluding carboxylic acids is 2. The van der Waals surface area contributed by atoms with Crippen LogP contribution >= 0.6 is 0 Å². The second-order valence-electron chi connectivity index (χ2n) is 4.91. The van der Waals surface area contributed by atoms with E-state index in [9.17, 15) is 9.59 Å². The molecular weight excluding hydrogens is 234 g/mol. The largest absolute Gasteiger partial charge is 0.351 e. The summed E-state index contributed by atoms with van der Waals surface area (Å²) < 4.78 is 0. The number of hydrogen-bond donors (Lipinski definition) is 3. The molecule has 7 heteroatoms. The van der Waals surface area contributed by atoms with Gasteiger partial charge in [-0.05, 0) is 6.92 Å². The van der Waals surface area contributed by atoms with E-state index in [0.29, 0.717) is 6.04 Å². The molecule has 2 rings (SSSR count). The highest BCUT2D eigenvalue weighted by Gasteiger charge is 2.30. The summed E-state index contributed by atoms with van der Waals surface area (Å²) in [6, 6.07) is -0.438. The van der Waals surface area contributed by atoms with Gasteiger partial charge in [0.2, 0.25) is 5.91 Å². The summed E-state index contributed by atoms with van der Waals surface area (Å²) >= 11 is 0. The van der Waals surface area contributed by atoms with Gasteiger partial charge in [0.1, 0.15) is 0 Å². The molecule has 2 saturated heterocycles. The van der Waals surface area contributed by atoms with Crippen molar-refractivity contribution in [3.05, 3.63) is 0 Å². The number of carbonyl (C=O) groups is 2. The van der Waals surface area contributed by atoms with Crippen molar-refractivity contribution in [3.8, 4) is 0 Å². The van der Waals surface area contributed by atoms with Crippen molar-refractivity contribution in [2.45, 2.75) is 19.0 Å². The fraction of sp³-hybridized carbons (Fsp3) is 0.818. The van der Waals surface area contributed by atoms with E-state index >= 15 is 0 Å². The van der Waals surface area contributed by atoms with Crippen molar-refractivity contribution in [1.82, 2.24) is 20.4 Å². The lowest BCUT2D eigenvalue weighted by atomic mass is 10.1. The summed E-state index contributed by atoms with van der Waals surface area (Å²) in [6.07, 6.45) is 0. The van der Waals surface area contributed by atoms with E-state index in [0.717, 1.165) is 39.3 Å². The van der Waals surface area contributed by atoms with Crippen LogP contribution in [0, 0.1) is 0 Å². The quantitative estimate of drug-likeness (QED) is 0.551. The lowest BCUT2D eigenvalue weighted by molar-refractivity contribution is -0.125. The molecule has 0 aromatic rings. The summed E-state index contributed by atoms with van der Waals surface area (Å²) in [5.41, 5.74) is 4.94. The molecule has 2 aliphatic heterocycles. The first kappa shape index (κ1) is 13.3. The number of rotatable bonds is 3. The van der Waals surface area contributed by atoms with Gasteiger partial charge in [0.05, 0.1) is 6.04 Å². The van der Waals surface area contributed by atoms with Crippen molar-refractivity contribution in [2.24, 2.45) is 5.73 Å². The van der Waals surface area contributed by atoms with Crippen molar-refractivity contribution in [2.75, 3.05) is 39.3 Å². The van der Waals surface area contributed by atoms with Crippen LogP contribution in [0.2, 0.25) is 0 Å². The maximum absolute atomic E-state index is 11.7. The third-order valence-corrected chi connectivity index (χ3v) is 3.80. The predicted octanol–water partition coefficient (Wildman–Crippen LogP) is -1.84. The minimum atomic E-state index is -0.786. The zero-order valence-corrected chi connectivity index (χ0v) is 10.7. The normalized spacial score (nSPS) is 24.3.